The van der Waals surface area contributed by atoms with Crippen LogP contribution in [0.2, 0.25) is 0 Å². The Morgan fingerprint density at radius 3 is 2.40 bits per heavy atom. The summed E-state index contributed by atoms with van der Waals surface area (Å²) in [5.41, 5.74) is -0.108. The highest BCUT2D eigenvalue weighted by Gasteiger charge is 2.55. The molecule has 0 N–H and O–H groups in total. The molecule has 0 aromatic carbocycles. The van der Waals surface area contributed by atoms with E-state index < -0.39 is 11.9 Å². The molecule has 0 spiro atoms. The van der Waals surface area contributed by atoms with Crippen molar-refractivity contribution in [3.8, 4) is 0 Å². The number of carbonyl (C=O) groups excluding carboxylic acids is 1. The van der Waals surface area contributed by atoms with Gasteiger partial charge in [-0.25, -0.2) is 0 Å². The molecule has 2 aliphatic rings. The first kappa shape index (κ1) is 16.1. The lowest BCUT2D eigenvalue weighted by Crippen LogP contribution is -2.55. The van der Waals surface area contributed by atoms with Gasteiger partial charge in [0.1, 0.15) is 17.6 Å². The van der Waals surface area contributed by atoms with Gasteiger partial charge < -0.3 is 18.9 Å². The van der Waals surface area contributed by atoms with Crippen LogP contribution in [0.15, 0.2) is 0 Å². The van der Waals surface area contributed by atoms with Crippen LogP contribution in [0.3, 0.4) is 0 Å². The number of rotatable bonds is 3. The Morgan fingerprint density at radius 2 is 1.85 bits per heavy atom. The summed E-state index contributed by atoms with van der Waals surface area (Å²) < 4.78 is 23.3. The molecule has 0 aromatic heterocycles. The number of fused-ring (bicyclic) bond motifs is 1. The lowest BCUT2D eigenvalue weighted by molar-refractivity contribution is -0.190. The highest BCUT2D eigenvalue weighted by molar-refractivity contribution is 8.00. The number of thioether (sulfide) groups is 1. The van der Waals surface area contributed by atoms with Gasteiger partial charge in [-0.2, -0.15) is 0 Å². The molecule has 0 saturated carbocycles. The van der Waals surface area contributed by atoms with Crippen molar-refractivity contribution in [3.05, 3.63) is 0 Å². The van der Waals surface area contributed by atoms with Gasteiger partial charge in [-0.1, -0.05) is 13.8 Å². The zero-order chi connectivity index (χ0) is 15.1. The minimum atomic E-state index is -0.684. The van der Waals surface area contributed by atoms with Gasteiger partial charge in [-0.3, -0.25) is 4.79 Å². The van der Waals surface area contributed by atoms with E-state index in [0.29, 0.717) is 5.25 Å². The molecular weight excluding hydrogens is 280 g/mol. The summed E-state index contributed by atoms with van der Waals surface area (Å²) in [5.74, 6) is -1.01. The standard InChI is InChI=1S/C14H24O5S/c1-7(2)20-13-12-11(18-14(5,6)19-12)10(8(3)16-13)17-9(4)15/h7-8,10-13H,1-6H3/t8-,10-,11+,12+,13-/m0/s1. The van der Waals surface area contributed by atoms with E-state index in [9.17, 15) is 4.79 Å². The van der Waals surface area contributed by atoms with E-state index >= 15 is 0 Å². The molecule has 6 heteroatoms. The maximum absolute atomic E-state index is 11.3. The topological polar surface area (TPSA) is 54.0 Å². The first-order chi connectivity index (χ1) is 9.19. The molecule has 2 aliphatic heterocycles. The minimum Gasteiger partial charge on any atom is -0.457 e. The van der Waals surface area contributed by atoms with Crippen LogP contribution in [-0.4, -0.2) is 46.9 Å². The lowest BCUT2D eigenvalue weighted by Gasteiger charge is -2.40. The summed E-state index contributed by atoms with van der Waals surface area (Å²) in [5, 5.41) is 0.422. The fourth-order valence-corrected chi connectivity index (χ4v) is 3.79. The predicted octanol–water partition coefficient (Wildman–Crippen LogP) is 2.32. The van der Waals surface area contributed by atoms with E-state index in [-0.39, 0.29) is 29.7 Å². The fourth-order valence-electron chi connectivity index (χ4n) is 2.65. The van der Waals surface area contributed by atoms with Gasteiger partial charge in [-0.15, -0.1) is 11.8 Å². The van der Waals surface area contributed by atoms with Crippen molar-refractivity contribution in [3.63, 3.8) is 0 Å². The van der Waals surface area contributed by atoms with Crippen LogP contribution in [-0.2, 0) is 23.7 Å². The highest BCUT2D eigenvalue weighted by Crippen LogP contribution is 2.42. The molecule has 0 radical (unpaired) electrons. The second-order valence-electron chi connectivity index (χ2n) is 6.03. The molecule has 0 amide bonds. The lowest BCUT2D eigenvalue weighted by atomic mass is 10.0. The Kier molecular flexibility index (Phi) is 4.69. The third kappa shape index (κ3) is 3.47. The molecule has 0 aromatic rings. The van der Waals surface area contributed by atoms with Crippen molar-refractivity contribution in [1.82, 2.24) is 0 Å². The van der Waals surface area contributed by atoms with Crippen molar-refractivity contribution in [2.24, 2.45) is 0 Å². The van der Waals surface area contributed by atoms with Crippen LogP contribution in [0.4, 0.5) is 0 Å². The Balaban J connectivity index is 2.19. The zero-order valence-electron chi connectivity index (χ0n) is 12.9. The number of ether oxygens (including phenoxy) is 4. The first-order valence-corrected chi connectivity index (χ1v) is 7.97. The largest absolute Gasteiger partial charge is 0.457 e. The summed E-state index contributed by atoms with van der Waals surface area (Å²) in [6.45, 7) is 11.3. The van der Waals surface area contributed by atoms with Crippen molar-refractivity contribution in [1.29, 1.82) is 0 Å². The molecule has 5 atom stereocenters. The highest BCUT2D eigenvalue weighted by atomic mass is 32.2. The minimum absolute atomic E-state index is 0.108. The number of hydrogen-bond donors (Lipinski definition) is 0. The Bertz CT molecular complexity index is 371. The third-order valence-corrected chi connectivity index (χ3v) is 4.47. The van der Waals surface area contributed by atoms with Crippen LogP contribution in [0.5, 0.6) is 0 Å². The average molecular weight is 304 g/mol. The summed E-state index contributed by atoms with van der Waals surface area (Å²) in [4.78, 5) is 11.3. The van der Waals surface area contributed by atoms with E-state index in [4.69, 9.17) is 18.9 Å². The molecule has 0 aliphatic carbocycles. The molecule has 0 bridgehead atoms. The van der Waals surface area contributed by atoms with Gasteiger partial charge >= 0.3 is 5.97 Å². The average Bonchev–Trinajstić information content (AvgIpc) is 2.59. The molecule has 0 unspecified atom stereocenters. The number of carbonyl (C=O) groups is 1. The Morgan fingerprint density at radius 1 is 1.25 bits per heavy atom. The summed E-state index contributed by atoms with van der Waals surface area (Å²) in [6.07, 6.45) is -1.15. The van der Waals surface area contributed by atoms with Gasteiger partial charge in [0.25, 0.3) is 0 Å². The zero-order valence-corrected chi connectivity index (χ0v) is 13.7. The monoisotopic (exact) mass is 304 g/mol. The maximum Gasteiger partial charge on any atom is 0.303 e. The van der Waals surface area contributed by atoms with Crippen molar-refractivity contribution in [2.75, 3.05) is 0 Å². The normalized spacial score (nSPS) is 39.6. The van der Waals surface area contributed by atoms with Gasteiger partial charge in [0.15, 0.2) is 11.9 Å². The fraction of sp³-hybridized carbons (Fsp3) is 0.929. The molecule has 2 rings (SSSR count). The van der Waals surface area contributed by atoms with Crippen molar-refractivity contribution >= 4 is 17.7 Å². The molecule has 2 heterocycles. The van der Waals surface area contributed by atoms with Crippen molar-refractivity contribution < 1.29 is 23.7 Å². The van der Waals surface area contributed by atoms with Crippen molar-refractivity contribution in [2.45, 2.75) is 82.4 Å². The second-order valence-corrected chi connectivity index (χ2v) is 7.71. The van der Waals surface area contributed by atoms with E-state index in [1.807, 2.05) is 20.8 Å². The summed E-state index contributed by atoms with van der Waals surface area (Å²) in [6, 6.07) is 0. The smallest absolute Gasteiger partial charge is 0.303 e. The van der Waals surface area contributed by atoms with Crippen LogP contribution in [0.1, 0.15) is 41.5 Å². The first-order valence-electron chi connectivity index (χ1n) is 7.03. The van der Waals surface area contributed by atoms with Crippen LogP contribution >= 0.6 is 11.8 Å². The van der Waals surface area contributed by atoms with Crippen LogP contribution in [0.25, 0.3) is 0 Å². The van der Waals surface area contributed by atoms with Gasteiger partial charge in [0, 0.05) is 12.2 Å². The predicted molar refractivity (Wildman–Crippen MR) is 76.4 cm³/mol. The quantitative estimate of drug-likeness (QED) is 0.746. The molecule has 5 nitrogen and oxygen atoms in total. The van der Waals surface area contributed by atoms with E-state index in [1.54, 1.807) is 11.8 Å². The Labute approximate surface area is 124 Å². The second kappa shape index (κ2) is 5.83. The maximum atomic E-state index is 11.3. The van der Waals surface area contributed by atoms with Crippen LogP contribution < -0.4 is 0 Å². The van der Waals surface area contributed by atoms with Gasteiger partial charge in [0.2, 0.25) is 0 Å². The van der Waals surface area contributed by atoms with Gasteiger partial charge in [-0.05, 0) is 20.8 Å². The van der Waals surface area contributed by atoms with E-state index in [0.717, 1.165) is 0 Å². The van der Waals surface area contributed by atoms with Crippen LogP contribution in [0, 0.1) is 0 Å². The molecule has 20 heavy (non-hydrogen) atoms. The van der Waals surface area contributed by atoms with E-state index in [2.05, 4.69) is 13.8 Å². The molecular formula is C14H24O5S. The molecule has 116 valence electrons. The number of esters is 1. The molecule has 2 fully saturated rings. The Hall–Kier alpha value is -0.300. The summed E-state index contributed by atoms with van der Waals surface area (Å²) >= 11 is 1.71. The SMILES string of the molecule is CC(=O)O[C@@H]1[C@H]2OC(C)(C)O[C@H]2[C@H](SC(C)C)O[C@H]1C. The van der Waals surface area contributed by atoms with Gasteiger partial charge in [0.05, 0.1) is 6.10 Å². The number of hydrogen-bond acceptors (Lipinski definition) is 6. The molecule has 2 saturated heterocycles. The third-order valence-electron chi connectivity index (χ3n) is 3.28. The summed E-state index contributed by atoms with van der Waals surface area (Å²) in [7, 11) is 0. The van der Waals surface area contributed by atoms with E-state index in [1.165, 1.54) is 6.92 Å².